The summed E-state index contributed by atoms with van der Waals surface area (Å²) < 4.78 is 21.6. The normalized spacial score (nSPS) is 23.0. The van der Waals surface area contributed by atoms with Crippen molar-refractivity contribution in [1.29, 1.82) is 0 Å². The largest absolute Gasteiger partial charge is 0.392 e. The molecule has 0 aromatic carbocycles. The smallest absolute Gasteiger partial charge is 0.235 e. The summed E-state index contributed by atoms with van der Waals surface area (Å²) in [6, 6.07) is 0. The van der Waals surface area contributed by atoms with Crippen LogP contribution in [0.5, 0.6) is 0 Å². The van der Waals surface area contributed by atoms with Crippen LogP contribution in [0.15, 0.2) is 0 Å². The van der Waals surface area contributed by atoms with Gasteiger partial charge in [0.25, 0.3) is 0 Å². The molecule has 0 amide bonds. The van der Waals surface area contributed by atoms with Gasteiger partial charge in [-0.1, -0.05) is 25.7 Å². The van der Waals surface area contributed by atoms with Crippen molar-refractivity contribution in [2.24, 2.45) is 5.92 Å². The first-order valence-corrected chi connectivity index (χ1v) is 7.57. The lowest BCUT2D eigenvalue weighted by Gasteiger charge is -2.19. The SMILES string of the molecule is O=S(=O)(Cl)CC(O)C1CCCCCC1. The molecule has 1 rings (SSSR count). The zero-order valence-electron chi connectivity index (χ0n) is 8.15. The van der Waals surface area contributed by atoms with Gasteiger partial charge in [0.15, 0.2) is 0 Å². The van der Waals surface area contributed by atoms with Crippen molar-refractivity contribution >= 4 is 19.7 Å². The zero-order valence-corrected chi connectivity index (χ0v) is 9.73. The molecule has 0 saturated heterocycles. The quantitative estimate of drug-likeness (QED) is 0.606. The second kappa shape index (κ2) is 5.33. The molecule has 0 aromatic rings. The fraction of sp³-hybridized carbons (Fsp3) is 1.00. The Bertz CT molecular complexity index is 255. The van der Waals surface area contributed by atoms with E-state index in [1.807, 2.05) is 0 Å². The minimum absolute atomic E-state index is 0.117. The minimum atomic E-state index is -3.56. The fourth-order valence-electron chi connectivity index (χ4n) is 2.04. The van der Waals surface area contributed by atoms with Gasteiger partial charge in [-0.05, 0) is 18.8 Å². The van der Waals surface area contributed by atoms with Crippen LogP contribution in [0.25, 0.3) is 0 Å². The molecule has 84 valence electrons. The highest BCUT2D eigenvalue weighted by Crippen LogP contribution is 2.26. The first-order valence-electron chi connectivity index (χ1n) is 5.09. The summed E-state index contributed by atoms with van der Waals surface area (Å²) in [5.41, 5.74) is 0. The summed E-state index contributed by atoms with van der Waals surface area (Å²) in [6.07, 6.45) is 5.62. The summed E-state index contributed by atoms with van der Waals surface area (Å²) in [4.78, 5) is 0. The van der Waals surface area contributed by atoms with Gasteiger partial charge in [0.05, 0.1) is 11.9 Å². The van der Waals surface area contributed by atoms with Gasteiger partial charge in [-0.25, -0.2) is 8.42 Å². The van der Waals surface area contributed by atoms with Gasteiger partial charge in [0, 0.05) is 10.7 Å². The summed E-state index contributed by atoms with van der Waals surface area (Å²) >= 11 is 0. The lowest BCUT2D eigenvalue weighted by Crippen LogP contribution is -2.26. The van der Waals surface area contributed by atoms with Crippen molar-refractivity contribution < 1.29 is 13.5 Å². The van der Waals surface area contributed by atoms with Gasteiger partial charge in [-0.15, -0.1) is 0 Å². The van der Waals surface area contributed by atoms with E-state index in [4.69, 9.17) is 10.7 Å². The molecule has 5 heteroatoms. The van der Waals surface area contributed by atoms with E-state index >= 15 is 0 Å². The minimum Gasteiger partial charge on any atom is -0.392 e. The molecule has 1 N–H and O–H groups in total. The Morgan fingerprint density at radius 1 is 1.21 bits per heavy atom. The Hall–Kier alpha value is 0.200. The number of rotatable bonds is 3. The average Bonchev–Trinajstić information content (AvgIpc) is 2.27. The van der Waals surface area contributed by atoms with E-state index in [2.05, 4.69) is 0 Å². The van der Waals surface area contributed by atoms with E-state index in [1.165, 1.54) is 12.8 Å². The molecular weight excluding hydrogens is 224 g/mol. The van der Waals surface area contributed by atoms with Crippen LogP contribution in [0, 0.1) is 5.92 Å². The van der Waals surface area contributed by atoms with Crippen molar-refractivity contribution in [2.75, 3.05) is 5.75 Å². The maximum absolute atomic E-state index is 10.8. The van der Waals surface area contributed by atoms with Crippen LogP contribution in [0.4, 0.5) is 0 Å². The molecule has 0 aromatic heterocycles. The van der Waals surface area contributed by atoms with Crippen molar-refractivity contribution in [3.8, 4) is 0 Å². The van der Waals surface area contributed by atoms with Crippen molar-refractivity contribution in [3.63, 3.8) is 0 Å². The highest BCUT2D eigenvalue weighted by atomic mass is 35.7. The molecule has 0 radical (unpaired) electrons. The number of aliphatic hydroxyl groups excluding tert-OH is 1. The molecule has 0 heterocycles. The fourth-order valence-corrected chi connectivity index (χ4v) is 3.10. The molecule has 0 bridgehead atoms. The maximum atomic E-state index is 10.8. The van der Waals surface area contributed by atoms with E-state index in [0.29, 0.717) is 0 Å². The van der Waals surface area contributed by atoms with Crippen LogP contribution in [0.2, 0.25) is 0 Å². The van der Waals surface area contributed by atoms with Crippen LogP contribution in [0.3, 0.4) is 0 Å². The summed E-state index contributed by atoms with van der Waals surface area (Å²) in [7, 11) is 1.54. The lowest BCUT2D eigenvalue weighted by molar-refractivity contribution is 0.119. The third kappa shape index (κ3) is 4.62. The van der Waals surface area contributed by atoms with E-state index < -0.39 is 15.2 Å². The molecule has 1 fully saturated rings. The molecule has 3 nitrogen and oxygen atoms in total. The van der Waals surface area contributed by atoms with Gasteiger partial charge in [0.1, 0.15) is 0 Å². The molecule has 1 aliphatic carbocycles. The van der Waals surface area contributed by atoms with Crippen LogP contribution < -0.4 is 0 Å². The predicted octanol–water partition coefficient (Wildman–Crippen LogP) is 1.89. The second-order valence-electron chi connectivity index (χ2n) is 4.02. The van der Waals surface area contributed by atoms with Gasteiger partial charge < -0.3 is 5.11 Å². The topological polar surface area (TPSA) is 54.4 Å². The zero-order chi connectivity index (χ0) is 10.6. The number of halogens is 1. The molecule has 14 heavy (non-hydrogen) atoms. The first-order chi connectivity index (χ1) is 6.49. The highest BCUT2D eigenvalue weighted by molar-refractivity contribution is 8.13. The predicted molar refractivity (Wildman–Crippen MR) is 56.8 cm³/mol. The van der Waals surface area contributed by atoms with E-state index in [9.17, 15) is 13.5 Å². The first kappa shape index (κ1) is 12.3. The Balaban J connectivity index is 2.45. The number of hydrogen-bond acceptors (Lipinski definition) is 3. The Labute approximate surface area is 89.9 Å². The van der Waals surface area contributed by atoms with Crippen molar-refractivity contribution in [2.45, 2.75) is 44.6 Å². The monoisotopic (exact) mass is 240 g/mol. The molecule has 1 saturated carbocycles. The van der Waals surface area contributed by atoms with E-state index in [0.717, 1.165) is 25.7 Å². The molecule has 0 spiro atoms. The van der Waals surface area contributed by atoms with Crippen LogP contribution in [-0.2, 0) is 9.05 Å². The van der Waals surface area contributed by atoms with Gasteiger partial charge in [-0.3, -0.25) is 0 Å². The number of hydrogen-bond donors (Lipinski definition) is 1. The molecule has 1 atom stereocenters. The van der Waals surface area contributed by atoms with Crippen LogP contribution >= 0.6 is 10.7 Å². The van der Waals surface area contributed by atoms with Gasteiger partial charge in [-0.2, -0.15) is 0 Å². The van der Waals surface area contributed by atoms with Gasteiger partial charge in [0.2, 0.25) is 9.05 Å². The Kier molecular flexibility index (Phi) is 4.67. The van der Waals surface area contributed by atoms with Gasteiger partial charge >= 0.3 is 0 Å². The van der Waals surface area contributed by atoms with E-state index in [1.54, 1.807) is 0 Å². The molecular formula is C9H17ClO3S. The average molecular weight is 241 g/mol. The second-order valence-corrected chi connectivity index (χ2v) is 6.85. The standard InChI is InChI=1S/C9H17ClO3S/c10-14(12,13)7-9(11)8-5-3-1-2-4-6-8/h8-9,11H,1-7H2. The third-order valence-electron chi connectivity index (χ3n) is 2.81. The molecule has 1 aliphatic rings. The maximum Gasteiger partial charge on any atom is 0.235 e. The van der Waals surface area contributed by atoms with E-state index in [-0.39, 0.29) is 11.7 Å². The molecule has 1 unspecified atom stereocenters. The Morgan fingerprint density at radius 2 is 1.71 bits per heavy atom. The van der Waals surface area contributed by atoms with Crippen molar-refractivity contribution in [3.05, 3.63) is 0 Å². The van der Waals surface area contributed by atoms with Crippen LogP contribution in [0.1, 0.15) is 38.5 Å². The van der Waals surface area contributed by atoms with Crippen LogP contribution in [-0.4, -0.2) is 25.4 Å². The van der Waals surface area contributed by atoms with Crippen molar-refractivity contribution in [1.82, 2.24) is 0 Å². The number of aliphatic hydroxyl groups is 1. The Morgan fingerprint density at radius 3 is 2.14 bits per heavy atom. The third-order valence-corrected chi connectivity index (χ3v) is 3.93. The summed E-state index contributed by atoms with van der Waals surface area (Å²) in [6.45, 7) is 0. The molecule has 0 aliphatic heterocycles. The lowest BCUT2D eigenvalue weighted by atomic mass is 9.95. The summed E-state index contributed by atoms with van der Waals surface area (Å²) in [5, 5.41) is 9.67. The highest BCUT2D eigenvalue weighted by Gasteiger charge is 2.24. The summed E-state index contributed by atoms with van der Waals surface area (Å²) in [5.74, 6) is -0.190.